The molecule has 6 heteroatoms. The number of hydrogen-bond donors (Lipinski definition) is 3. The molecule has 0 atom stereocenters. The summed E-state index contributed by atoms with van der Waals surface area (Å²) in [5.74, 6) is -1.19. The average Bonchev–Trinajstić information content (AvgIpc) is 2.55. The van der Waals surface area contributed by atoms with Crippen LogP contribution in [0.3, 0.4) is 0 Å². The van der Waals surface area contributed by atoms with Crippen LogP contribution in [-0.2, 0) is 11.2 Å². The molecule has 0 saturated heterocycles. The van der Waals surface area contributed by atoms with E-state index in [1.165, 1.54) is 6.07 Å². The number of aromatic hydroxyl groups is 2. The Labute approximate surface area is 149 Å². The number of rotatable bonds is 5. The van der Waals surface area contributed by atoms with E-state index in [1.807, 2.05) is 19.1 Å². The lowest BCUT2D eigenvalue weighted by molar-refractivity contribution is -0.137. The second-order valence-electron chi connectivity index (χ2n) is 6.18. The second-order valence-corrected chi connectivity index (χ2v) is 6.18. The van der Waals surface area contributed by atoms with Crippen LogP contribution in [0.1, 0.15) is 24.2 Å². The quantitative estimate of drug-likeness (QED) is 0.646. The van der Waals surface area contributed by atoms with Crippen LogP contribution in [0.15, 0.2) is 45.6 Å². The number of phenolic OH excluding ortho intramolecular Hbond substituents is 2. The fourth-order valence-corrected chi connectivity index (χ4v) is 2.92. The minimum Gasteiger partial charge on any atom is -0.508 e. The summed E-state index contributed by atoms with van der Waals surface area (Å²) in [5, 5.41) is 28.6. The number of fused-ring (bicyclic) bond motifs is 1. The maximum absolute atomic E-state index is 13.0. The van der Waals surface area contributed by atoms with Crippen LogP contribution < -0.4 is 5.43 Å². The van der Waals surface area contributed by atoms with Crippen molar-refractivity contribution >= 4 is 16.9 Å². The van der Waals surface area contributed by atoms with Gasteiger partial charge in [-0.2, -0.15) is 0 Å². The summed E-state index contributed by atoms with van der Waals surface area (Å²) in [6.07, 6.45) is 0.491. The molecule has 0 spiro atoms. The molecule has 3 rings (SSSR count). The van der Waals surface area contributed by atoms with Crippen molar-refractivity contribution in [2.75, 3.05) is 0 Å². The molecule has 2 aromatic carbocycles. The van der Waals surface area contributed by atoms with E-state index in [0.29, 0.717) is 23.3 Å². The van der Waals surface area contributed by atoms with Gasteiger partial charge in [-0.25, -0.2) is 0 Å². The van der Waals surface area contributed by atoms with Gasteiger partial charge in [0.05, 0.1) is 5.56 Å². The minimum atomic E-state index is -0.930. The Balaban J connectivity index is 2.24. The maximum Gasteiger partial charge on any atom is 0.303 e. The zero-order valence-corrected chi connectivity index (χ0v) is 14.2. The zero-order valence-electron chi connectivity index (χ0n) is 14.2. The van der Waals surface area contributed by atoms with Crippen molar-refractivity contribution in [2.45, 2.75) is 26.2 Å². The molecule has 0 bridgehead atoms. The summed E-state index contributed by atoms with van der Waals surface area (Å²) < 4.78 is 5.79. The van der Waals surface area contributed by atoms with E-state index in [2.05, 4.69) is 0 Å². The molecule has 26 heavy (non-hydrogen) atoms. The van der Waals surface area contributed by atoms with Crippen LogP contribution in [0, 0.1) is 6.92 Å². The molecule has 0 aliphatic rings. The highest BCUT2D eigenvalue weighted by Gasteiger charge is 2.19. The summed E-state index contributed by atoms with van der Waals surface area (Å²) in [4.78, 5) is 23.8. The predicted octanol–water partition coefficient (Wildman–Crippen LogP) is 3.59. The highest BCUT2D eigenvalue weighted by Crippen LogP contribution is 2.32. The van der Waals surface area contributed by atoms with E-state index in [9.17, 15) is 19.8 Å². The third-order valence-electron chi connectivity index (χ3n) is 4.17. The number of phenols is 2. The van der Waals surface area contributed by atoms with E-state index < -0.39 is 11.4 Å². The highest BCUT2D eigenvalue weighted by molar-refractivity contribution is 5.88. The Morgan fingerprint density at radius 2 is 1.81 bits per heavy atom. The number of benzene rings is 2. The number of hydrogen-bond acceptors (Lipinski definition) is 5. The van der Waals surface area contributed by atoms with Crippen LogP contribution in [0.25, 0.3) is 22.1 Å². The molecule has 6 nitrogen and oxygen atoms in total. The van der Waals surface area contributed by atoms with E-state index in [0.717, 1.165) is 11.6 Å². The van der Waals surface area contributed by atoms with Crippen molar-refractivity contribution in [3.63, 3.8) is 0 Å². The van der Waals surface area contributed by atoms with E-state index in [-0.39, 0.29) is 35.3 Å². The van der Waals surface area contributed by atoms with Gasteiger partial charge in [-0.05, 0) is 18.9 Å². The first kappa shape index (κ1) is 17.5. The first-order valence-electron chi connectivity index (χ1n) is 8.17. The van der Waals surface area contributed by atoms with Gasteiger partial charge in [0.2, 0.25) is 5.43 Å². The summed E-state index contributed by atoms with van der Waals surface area (Å²) >= 11 is 0. The third kappa shape index (κ3) is 3.39. The molecule has 0 unspecified atom stereocenters. The number of carboxylic acids is 1. The number of carbonyl (C=O) groups is 1. The lowest BCUT2D eigenvalue weighted by Gasteiger charge is -2.11. The molecule has 1 heterocycles. The standard InChI is InChI=1S/C20H18O6/c1-11-5-7-12(8-6-11)18-15(3-2-4-17(23)24)26-16-10-13(21)9-14(22)19(16)20(18)25/h5-10,21-22H,2-4H2,1H3,(H,23,24). The van der Waals surface area contributed by atoms with Gasteiger partial charge in [-0.15, -0.1) is 0 Å². The monoisotopic (exact) mass is 354 g/mol. The summed E-state index contributed by atoms with van der Waals surface area (Å²) in [7, 11) is 0. The maximum atomic E-state index is 13.0. The fourth-order valence-electron chi connectivity index (χ4n) is 2.92. The first-order valence-corrected chi connectivity index (χ1v) is 8.17. The number of aliphatic carboxylic acids is 1. The van der Waals surface area contributed by atoms with Crippen molar-refractivity contribution in [1.82, 2.24) is 0 Å². The molecule has 0 fully saturated rings. The first-order chi connectivity index (χ1) is 12.4. The normalized spacial score (nSPS) is 11.0. The molecule has 0 saturated carbocycles. The lowest BCUT2D eigenvalue weighted by atomic mass is 9.98. The Morgan fingerprint density at radius 3 is 2.46 bits per heavy atom. The van der Waals surface area contributed by atoms with Gasteiger partial charge >= 0.3 is 5.97 Å². The van der Waals surface area contributed by atoms with Gasteiger partial charge in [0, 0.05) is 25.0 Å². The van der Waals surface area contributed by atoms with Gasteiger partial charge < -0.3 is 19.7 Å². The Kier molecular flexibility index (Phi) is 4.67. The minimum absolute atomic E-state index is 0.0136. The van der Waals surface area contributed by atoms with Crippen LogP contribution in [0.2, 0.25) is 0 Å². The smallest absolute Gasteiger partial charge is 0.303 e. The van der Waals surface area contributed by atoms with Gasteiger partial charge in [0.25, 0.3) is 0 Å². The molecule has 0 amide bonds. The van der Waals surface area contributed by atoms with Crippen molar-refractivity contribution < 1.29 is 24.5 Å². The predicted molar refractivity (Wildman–Crippen MR) is 96.6 cm³/mol. The average molecular weight is 354 g/mol. The summed E-state index contributed by atoms with van der Waals surface area (Å²) in [6.45, 7) is 1.93. The molecule has 0 aliphatic carbocycles. The van der Waals surface area contributed by atoms with Gasteiger partial charge in [0.1, 0.15) is 28.2 Å². The van der Waals surface area contributed by atoms with Gasteiger partial charge in [0.15, 0.2) is 0 Å². The van der Waals surface area contributed by atoms with Crippen LogP contribution in [0.5, 0.6) is 11.5 Å². The van der Waals surface area contributed by atoms with E-state index in [4.69, 9.17) is 9.52 Å². The molecule has 0 aliphatic heterocycles. The van der Waals surface area contributed by atoms with E-state index in [1.54, 1.807) is 12.1 Å². The van der Waals surface area contributed by atoms with Crippen LogP contribution in [0.4, 0.5) is 0 Å². The SMILES string of the molecule is Cc1ccc(-c2c(CCCC(=O)O)oc3cc(O)cc(O)c3c2=O)cc1. The topological polar surface area (TPSA) is 108 Å². The fraction of sp³-hybridized carbons (Fsp3) is 0.200. The molecule has 134 valence electrons. The number of aryl methyl sites for hydroxylation is 2. The van der Waals surface area contributed by atoms with Crippen molar-refractivity contribution in [1.29, 1.82) is 0 Å². The number of carboxylic acid groups (broad SMARTS) is 1. The van der Waals surface area contributed by atoms with Gasteiger partial charge in [-0.3, -0.25) is 9.59 Å². The van der Waals surface area contributed by atoms with Crippen molar-refractivity contribution in [2.24, 2.45) is 0 Å². The third-order valence-corrected chi connectivity index (χ3v) is 4.17. The Bertz CT molecular complexity index is 1030. The molecular weight excluding hydrogens is 336 g/mol. The van der Waals surface area contributed by atoms with Gasteiger partial charge in [-0.1, -0.05) is 29.8 Å². The van der Waals surface area contributed by atoms with Crippen molar-refractivity contribution in [3.8, 4) is 22.6 Å². The molecular formula is C20H18O6. The zero-order chi connectivity index (χ0) is 18.8. The van der Waals surface area contributed by atoms with Crippen LogP contribution >= 0.6 is 0 Å². The van der Waals surface area contributed by atoms with Crippen LogP contribution in [-0.4, -0.2) is 21.3 Å². The summed E-state index contributed by atoms with van der Waals surface area (Å²) in [6, 6.07) is 9.63. The Hall–Kier alpha value is -3.28. The molecule has 1 aromatic heterocycles. The Morgan fingerprint density at radius 1 is 1.12 bits per heavy atom. The van der Waals surface area contributed by atoms with E-state index >= 15 is 0 Å². The molecule has 3 aromatic rings. The highest BCUT2D eigenvalue weighted by atomic mass is 16.4. The largest absolute Gasteiger partial charge is 0.508 e. The second kappa shape index (κ2) is 6.92. The van der Waals surface area contributed by atoms with Crippen molar-refractivity contribution in [3.05, 3.63) is 57.9 Å². The summed E-state index contributed by atoms with van der Waals surface area (Å²) in [5.41, 5.74) is 1.60. The molecule has 3 N–H and O–H groups in total. The molecule has 0 radical (unpaired) electrons. The lowest BCUT2D eigenvalue weighted by Crippen LogP contribution is -2.10.